The highest BCUT2D eigenvalue weighted by Crippen LogP contribution is 2.34. The van der Waals surface area contributed by atoms with E-state index in [9.17, 15) is 9.59 Å². The summed E-state index contributed by atoms with van der Waals surface area (Å²) in [5.41, 5.74) is 1.18. The Kier molecular flexibility index (Phi) is 4.47. The summed E-state index contributed by atoms with van der Waals surface area (Å²) in [6.45, 7) is 0.168. The van der Waals surface area contributed by atoms with Crippen molar-refractivity contribution in [1.29, 1.82) is 0 Å². The number of anilines is 2. The molecule has 23 heavy (non-hydrogen) atoms. The Bertz CT molecular complexity index is 763. The van der Waals surface area contributed by atoms with Crippen molar-refractivity contribution < 1.29 is 19.1 Å². The van der Waals surface area contributed by atoms with Crippen LogP contribution < -0.4 is 20.1 Å². The second kappa shape index (κ2) is 6.70. The predicted molar refractivity (Wildman–Crippen MR) is 88.6 cm³/mol. The first kappa shape index (κ1) is 15.4. The number of amides is 2. The summed E-state index contributed by atoms with van der Waals surface area (Å²) in [4.78, 5) is 23.8. The first-order valence-electron chi connectivity index (χ1n) is 6.85. The zero-order valence-electron chi connectivity index (χ0n) is 12.0. The lowest BCUT2D eigenvalue weighted by molar-refractivity contribution is -0.123. The molecule has 1 aliphatic rings. The van der Waals surface area contributed by atoms with Crippen LogP contribution in [0.15, 0.2) is 46.9 Å². The zero-order valence-corrected chi connectivity index (χ0v) is 13.6. The fourth-order valence-corrected chi connectivity index (χ4v) is 2.50. The molecular weight excluding hydrogens is 364 g/mol. The Hall–Kier alpha value is -2.54. The van der Waals surface area contributed by atoms with Crippen molar-refractivity contribution in [3.8, 4) is 11.5 Å². The maximum atomic E-state index is 11.9. The van der Waals surface area contributed by atoms with Crippen molar-refractivity contribution in [2.24, 2.45) is 0 Å². The van der Waals surface area contributed by atoms with Crippen molar-refractivity contribution in [3.63, 3.8) is 0 Å². The van der Waals surface area contributed by atoms with Gasteiger partial charge in [-0.05, 0) is 30.3 Å². The van der Waals surface area contributed by atoms with Crippen LogP contribution in [-0.2, 0) is 9.59 Å². The minimum absolute atomic E-state index is 0.168. The molecule has 3 rings (SSSR count). The van der Waals surface area contributed by atoms with Crippen LogP contribution in [0.3, 0.4) is 0 Å². The van der Waals surface area contributed by atoms with Crippen LogP contribution in [0.5, 0.6) is 11.5 Å². The molecule has 0 spiro atoms. The van der Waals surface area contributed by atoms with Gasteiger partial charge in [-0.3, -0.25) is 9.59 Å². The van der Waals surface area contributed by atoms with Crippen LogP contribution in [0, 0.1) is 0 Å². The van der Waals surface area contributed by atoms with E-state index in [2.05, 4.69) is 26.6 Å². The van der Waals surface area contributed by atoms with Gasteiger partial charge in [0.05, 0.1) is 0 Å². The van der Waals surface area contributed by atoms with Gasteiger partial charge in [-0.25, -0.2) is 0 Å². The monoisotopic (exact) mass is 376 g/mol. The molecule has 0 atom stereocenters. The van der Waals surface area contributed by atoms with Gasteiger partial charge in [-0.2, -0.15) is 0 Å². The third-order valence-electron chi connectivity index (χ3n) is 3.09. The average molecular weight is 377 g/mol. The number of fused-ring (bicyclic) bond motifs is 1. The van der Waals surface area contributed by atoms with Gasteiger partial charge in [0.15, 0.2) is 11.5 Å². The maximum absolute atomic E-state index is 11.9. The minimum atomic E-state index is -0.406. The van der Waals surface area contributed by atoms with E-state index in [0.29, 0.717) is 22.9 Å². The van der Waals surface area contributed by atoms with E-state index in [1.165, 1.54) is 0 Å². The van der Waals surface area contributed by atoms with Crippen LogP contribution >= 0.6 is 15.9 Å². The third-order valence-corrected chi connectivity index (χ3v) is 3.58. The van der Waals surface area contributed by atoms with Gasteiger partial charge in [0, 0.05) is 21.9 Å². The molecule has 0 aliphatic carbocycles. The van der Waals surface area contributed by atoms with E-state index >= 15 is 0 Å². The Morgan fingerprint density at radius 2 is 1.65 bits per heavy atom. The molecule has 1 aliphatic heterocycles. The second-order valence-corrected chi connectivity index (χ2v) is 5.77. The molecule has 0 aromatic heterocycles. The third kappa shape index (κ3) is 4.01. The number of rotatable bonds is 4. The van der Waals surface area contributed by atoms with E-state index in [0.717, 1.165) is 4.47 Å². The van der Waals surface area contributed by atoms with E-state index < -0.39 is 5.91 Å². The highest BCUT2D eigenvalue weighted by atomic mass is 79.9. The summed E-state index contributed by atoms with van der Waals surface area (Å²) in [7, 11) is 0. The molecule has 118 valence electrons. The fraction of sp³-hybridized carbons (Fsp3) is 0.125. The lowest BCUT2D eigenvalue weighted by atomic mass is 10.2. The maximum Gasteiger partial charge on any atom is 0.233 e. The molecule has 0 radical (unpaired) electrons. The van der Waals surface area contributed by atoms with Crippen LogP contribution in [-0.4, -0.2) is 18.6 Å². The van der Waals surface area contributed by atoms with Crippen molar-refractivity contribution in [1.82, 2.24) is 0 Å². The van der Waals surface area contributed by atoms with E-state index in [1.54, 1.807) is 36.4 Å². The van der Waals surface area contributed by atoms with Crippen LogP contribution in [0.1, 0.15) is 6.42 Å². The Morgan fingerprint density at radius 3 is 2.39 bits per heavy atom. The normalized spacial score (nSPS) is 11.9. The molecule has 2 N–H and O–H groups in total. The molecule has 2 aromatic rings. The molecule has 0 unspecified atom stereocenters. The molecule has 0 fully saturated rings. The number of ether oxygens (including phenoxy) is 2. The summed E-state index contributed by atoms with van der Waals surface area (Å²) >= 11 is 3.32. The largest absolute Gasteiger partial charge is 0.454 e. The van der Waals surface area contributed by atoms with E-state index in [1.807, 2.05) is 6.07 Å². The van der Waals surface area contributed by atoms with Gasteiger partial charge < -0.3 is 20.1 Å². The number of halogens is 1. The summed E-state index contributed by atoms with van der Waals surface area (Å²) < 4.78 is 11.3. The van der Waals surface area contributed by atoms with Crippen molar-refractivity contribution in [2.75, 3.05) is 17.4 Å². The first-order chi connectivity index (χ1) is 11.1. The molecular formula is C16H13BrN2O4. The molecule has 2 amide bonds. The van der Waals surface area contributed by atoms with Crippen LogP contribution in [0.2, 0.25) is 0 Å². The minimum Gasteiger partial charge on any atom is -0.454 e. The zero-order chi connectivity index (χ0) is 16.2. The Balaban J connectivity index is 1.55. The lowest BCUT2D eigenvalue weighted by Gasteiger charge is -2.07. The quantitative estimate of drug-likeness (QED) is 0.803. The number of nitrogens with one attached hydrogen (secondary N) is 2. The highest BCUT2D eigenvalue weighted by Gasteiger charge is 2.15. The van der Waals surface area contributed by atoms with Gasteiger partial charge in [0.2, 0.25) is 18.6 Å². The van der Waals surface area contributed by atoms with Crippen molar-refractivity contribution >= 4 is 39.1 Å². The summed E-state index contributed by atoms with van der Waals surface area (Å²) in [6, 6.07) is 12.2. The number of hydrogen-bond donors (Lipinski definition) is 2. The van der Waals surface area contributed by atoms with E-state index in [-0.39, 0.29) is 19.1 Å². The van der Waals surface area contributed by atoms with Crippen molar-refractivity contribution in [2.45, 2.75) is 6.42 Å². The highest BCUT2D eigenvalue weighted by molar-refractivity contribution is 9.10. The van der Waals surface area contributed by atoms with Crippen LogP contribution in [0.4, 0.5) is 11.4 Å². The molecule has 0 saturated heterocycles. The first-order valence-corrected chi connectivity index (χ1v) is 7.64. The van der Waals surface area contributed by atoms with Gasteiger partial charge in [-0.1, -0.05) is 22.0 Å². The summed E-state index contributed by atoms with van der Waals surface area (Å²) in [6.07, 6.45) is -0.277. The number of carbonyl (C=O) groups is 2. The molecule has 2 aromatic carbocycles. The molecule has 0 bridgehead atoms. The molecule has 7 heteroatoms. The Morgan fingerprint density at radius 1 is 0.957 bits per heavy atom. The number of benzene rings is 2. The number of hydrogen-bond acceptors (Lipinski definition) is 4. The van der Waals surface area contributed by atoms with Gasteiger partial charge >= 0.3 is 0 Å². The number of carbonyl (C=O) groups excluding carboxylic acids is 2. The SMILES string of the molecule is O=C(CC(=O)Nc1ccc2c(c1)OCO2)Nc1cccc(Br)c1. The van der Waals surface area contributed by atoms with Crippen LogP contribution in [0.25, 0.3) is 0 Å². The average Bonchev–Trinajstić information content (AvgIpc) is 2.94. The smallest absolute Gasteiger partial charge is 0.233 e. The second-order valence-electron chi connectivity index (χ2n) is 4.85. The summed E-state index contributed by atoms with van der Waals surface area (Å²) in [5.74, 6) is 0.412. The molecule has 6 nitrogen and oxygen atoms in total. The molecule has 1 heterocycles. The van der Waals surface area contributed by atoms with Gasteiger partial charge in [-0.15, -0.1) is 0 Å². The topological polar surface area (TPSA) is 76.7 Å². The Labute approximate surface area is 140 Å². The van der Waals surface area contributed by atoms with Crippen molar-refractivity contribution in [3.05, 3.63) is 46.9 Å². The fourth-order valence-electron chi connectivity index (χ4n) is 2.10. The standard InChI is InChI=1S/C16H13BrN2O4/c17-10-2-1-3-11(6-10)18-15(20)8-16(21)19-12-4-5-13-14(7-12)23-9-22-13/h1-7H,8-9H2,(H,18,20)(H,19,21). The lowest BCUT2D eigenvalue weighted by Crippen LogP contribution is -2.21. The van der Waals surface area contributed by atoms with Gasteiger partial charge in [0.1, 0.15) is 6.42 Å². The molecule has 0 saturated carbocycles. The predicted octanol–water partition coefficient (Wildman–Crippen LogP) is 3.15. The van der Waals surface area contributed by atoms with Gasteiger partial charge in [0.25, 0.3) is 0 Å². The van der Waals surface area contributed by atoms with E-state index in [4.69, 9.17) is 9.47 Å². The summed E-state index contributed by atoms with van der Waals surface area (Å²) in [5, 5.41) is 5.32.